The van der Waals surface area contributed by atoms with Crippen molar-refractivity contribution in [3.05, 3.63) is 18.2 Å². The molecule has 18 heavy (non-hydrogen) atoms. The summed E-state index contributed by atoms with van der Waals surface area (Å²) < 4.78 is 12.7. The number of hydrazine groups is 1. The molecule has 1 saturated heterocycles. The van der Waals surface area contributed by atoms with E-state index in [0.717, 1.165) is 25.9 Å². The Hall–Kier alpha value is -1.76. The lowest BCUT2D eigenvalue weighted by atomic mass is 9.57. The number of halogens is 1. The highest BCUT2D eigenvalue weighted by Gasteiger charge is 2.54. The number of nitrogens with two attached hydrogens (primary N) is 1. The Bertz CT molecular complexity index is 463. The molecule has 6 nitrogen and oxygen atoms in total. The first kappa shape index (κ1) is 11.3. The van der Waals surface area contributed by atoms with E-state index in [-0.39, 0.29) is 17.2 Å². The summed E-state index contributed by atoms with van der Waals surface area (Å²) in [6.45, 7) is 1.65. The molecular weight excluding hydrogens is 237 g/mol. The highest BCUT2D eigenvalue weighted by Crippen LogP contribution is 2.52. The first-order chi connectivity index (χ1) is 8.62. The first-order valence-electron chi connectivity index (χ1n) is 5.85. The number of carbonyl (C=O) groups is 1. The van der Waals surface area contributed by atoms with Crippen molar-refractivity contribution in [2.24, 2.45) is 17.2 Å². The second kappa shape index (κ2) is 3.88. The molecule has 2 fully saturated rings. The summed E-state index contributed by atoms with van der Waals surface area (Å²) in [5.41, 5.74) is 2.39. The minimum Gasteiger partial charge on any atom is -0.340 e. The van der Waals surface area contributed by atoms with Crippen molar-refractivity contribution in [3.8, 4) is 0 Å². The average molecular weight is 251 g/mol. The third kappa shape index (κ3) is 1.71. The Balaban J connectivity index is 1.55. The smallest absolute Gasteiger partial charge is 0.237 e. The summed E-state index contributed by atoms with van der Waals surface area (Å²) in [4.78, 5) is 21.2. The molecule has 96 valence electrons. The predicted octanol–water partition coefficient (Wildman–Crippen LogP) is -0.178. The topological polar surface area (TPSA) is 84.1 Å². The fourth-order valence-corrected chi connectivity index (χ4v) is 2.92. The zero-order valence-corrected chi connectivity index (χ0v) is 9.77. The predicted molar refractivity (Wildman–Crippen MR) is 61.7 cm³/mol. The SMILES string of the molecule is NNC(=O)C1CC2(C1)CN(c1ncc(F)cn1)C2. The van der Waals surface area contributed by atoms with Gasteiger partial charge in [0.1, 0.15) is 0 Å². The van der Waals surface area contributed by atoms with Crippen LogP contribution in [0.5, 0.6) is 0 Å². The van der Waals surface area contributed by atoms with Gasteiger partial charge in [0.2, 0.25) is 11.9 Å². The van der Waals surface area contributed by atoms with E-state index in [1.165, 1.54) is 12.4 Å². The molecule has 1 amide bonds. The molecule has 0 bridgehead atoms. The summed E-state index contributed by atoms with van der Waals surface area (Å²) in [5, 5.41) is 0. The van der Waals surface area contributed by atoms with Gasteiger partial charge in [0.05, 0.1) is 12.4 Å². The van der Waals surface area contributed by atoms with Gasteiger partial charge in [-0.3, -0.25) is 10.2 Å². The molecule has 0 atom stereocenters. The maximum absolute atomic E-state index is 12.7. The van der Waals surface area contributed by atoms with Gasteiger partial charge in [-0.05, 0) is 12.8 Å². The third-order valence-electron chi connectivity index (χ3n) is 3.81. The highest BCUT2D eigenvalue weighted by atomic mass is 19.1. The van der Waals surface area contributed by atoms with Crippen molar-refractivity contribution in [2.45, 2.75) is 12.8 Å². The van der Waals surface area contributed by atoms with Crippen LogP contribution in [0.2, 0.25) is 0 Å². The minimum absolute atomic E-state index is 0.0336. The minimum atomic E-state index is -0.433. The molecule has 1 aliphatic heterocycles. The molecule has 7 heteroatoms. The van der Waals surface area contributed by atoms with Gasteiger partial charge in [0.25, 0.3) is 0 Å². The van der Waals surface area contributed by atoms with Crippen molar-refractivity contribution in [1.29, 1.82) is 0 Å². The number of hydrogen-bond acceptors (Lipinski definition) is 5. The van der Waals surface area contributed by atoms with Crippen LogP contribution >= 0.6 is 0 Å². The normalized spacial score (nSPS) is 21.3. The molecule has 0 unspecified atom stereocenters. The molecule has 0 aromatic carbocycles. The lowest BCUT2D eigenvalue weighted by molar-refractivity contribution is -0.133. The van der Waals surface area contributed by atoms with Crippen LogP contribution in [0.3, 0.4) is 0 Å². The van der Waals surface area contributed by atoms with Crippen molar-refractivity contribution >= 4 is 11.9 Å². The van der Waals surface area contributed by atoms with Crippen LogP contribution in [0.25, 0.3) is 0 Å². The van der Waals surface area contributed by atoms with Crippen LogP contribution in [-0.4, -0.2) is 29.0 Å². The Morgan fingerprint density at radius 3 is 2.61 bits per heavy atom. The van der Waals surface area contributed by atoms with Gasteiger partial charge >= 0.3 is 0 Å². The van der Waals surface area contributed by atoms with E-state index < -0.39 is 5.82 Å². The monoisotopic (exact) mass is 251 g/mol. The number of carbonyl (C=O) groups excluding carboxylic acids is 1. The average Bonchev–Trinajstić information content (AvgIpc) is 2.27. The summed E-state index contributed by atoms with van der Waals surface area (Å²) in [6.07, 6.45) is 4.04. The van der Waals surface area contributed by atoms with Crippen LogP contribution in [0.15, 0.2) is 12.4 Å². The second-order valence-electron chi connectivity index (χ2n) is 5.17. The van der Waals surface area contributed by atoms with E-state index in [1.54, 1.807) is 0 Å². The van der Waals surface area contributed by atoms with Gasteiger partial charge in [-0.2, -0.15) is 0 Å². The van der Waals surface area contributed by atoms with Crippen LogP contribution in [-0.2, 0) is 4.79 Å². The fraction of sp³-hybridized carbons (Fsp3) is 0.545. The molecule has 0 radical (unpaired) electrons. The van der Waals surface area contributed by atoms with E-state index >= 15 is 0 Å². The Kier molecular flexibility index (Phi) is 2.44. The molecule has 1 saturated carbocycles. The fourth-order valence-electron chi connectivity index (χ4n) is 2.92. The lowest BCUT2D eigenvalue weighted by Gasteiger charge is -2.58. The van der Waals surface area contributed by atoms with Gasteiger partial charge in [-0.25, -0.2) is 20.2 Å². The van der Waals surface area contributed by atoms with E-state index in [1.807, 2.05) is 4.90 Å². The number of nitrogens with zero attached hydrogens (tertiary/aromatic N) is 3. The zero-order chi connectivity index (χ0) is 12.8. The molecule has 1 aromatic rings. The lowest BCUT2D eigenvalue weighted by Crippen LogP contribution is -2.64. The van der Waals surface area contributed by atoms with E-state index in [0.29, 0.717) is 5.95 Å². The second-order valence-corrected chi connectivity index (χ2v) is 5.17. The largest absolute Gasteiger partial charge is 0.340 e. The maximum atomic E-state index is 12.7. The van der Waals surface area contributed by atoms with Gasteiger partial charge in [-0.15, -0.1) is 0 Å². The van der Waals surface area contributed by atoms with Crippen LogP contribution in [0.4, 0.5) is 10.3 Å². The zero-order valence-electron chi connectivity index (χ0n) is 9.77. The summed E-state index contributed by atoms with van der Waals surface area (Å²) in [5.74, 6) is 5.16. The van der Waals surface area contributed by atoms with Crippen LogP contribution in [0.1, 0.15) is 12.8 Å². The molecule has 1 spiro atoms. The van der Waals surface area contributed by atoms with Crippen molar-refractivity contribution in [2.75, 3.05) is 18.0 Å². The standard InChI is InChI=1S/C11H14FN5O/c12-8-3-14-10(15-4-8)17-5-11(6-17)1-7(2-11)9(18)16-13/h3-4,7H,1-2,5-6,13H2,(H,16,18). The molecular formula is C11H14FN5O. The summed E-state index contributed by atoms with van der Waals surface area (Å²) in [7, 11) is 0. The number of anilines is 1. The van der Waals surface area contributed by atoms with Crippen molar-refractivity contribution in [3.63, 3.8) is 0 Å². The van der Waals surface area contributed by atoms with Crippen LogP contribution in [0, 0.1) is 17.2 Å². The maximum Gasteiger partial charge on any atom is 0.237 e. The van der Waals surface area contributed by atoms with Crippen molar-refractivity contribution < 1.29 is 9.18 Å². The number of nitrogens with one attached hydrogen (secondary N) is 1. The van der Waals surface area contributed by atoms with Crippen LogP contribution < -0.4 is 16.2 Å². The van der Waals surface area contributed by atoms with Gasteiger partial charge < -0.3 is 4.90 Å². The van der Waals surface area contributed by atoms with Gasteiger partial charge in [0, 0.05) is 24.4 Å². The molecule has 1 aliphatic carbocycles. The third-order valence-corrected chi connectivity index (χ3v) is 3.81. The number of aromatic nitrogens is 2. The summed E-state index contributed by atoms with van der Waals surface area (Å²) in [6, 6.07) is 0. The number of hydrogen-bond donors (Lipinski definition) is 2. The first-order valence-corrected chi connectivity index (χ1v) is 5.85. The Labute approximate surface area is 103 Å². The van der Waals surface area contributed by atoms with E-state index in [9.17, 15) is 9.18 Å². The quantitative estimate of drug-likeness (QED) is 0.433. The molecule has 3 rings (SSSR count). The highest BCUT2D eigenvalue weighted by molar-refractivity contribution is 5.79. The molecule has 1 aromatic heterocycles. The summed E-state index contributed by atoms with van der Waals surface area (Å²) >= 11 is 0. The molecule has 2 aliphatic rings. The van der Waals surface area contributed by atoms with E-state index in [4.69, 9.17) is 5.84 Å². The number of rotatable bonds is 2. The van der Waals surface area contributed by atoms with Gasteiger partial charge in [-0.1, -0.05) is 0 Å². The van der Waals surface area contributed by atoms with Crippen molar-refractivity contribution in [1.82, 2.24) is 15.4 Å². The Morgan fingerprint density at radius 2 is 2.06 bits per heavy atom. The van der Waals surface area contributed by atoms with E-state index in [2.05, 4.69) is 15.4 Å². The Morgan fingerprint density at radius 1 is 1.44 bits per heavy atom. The molecule has 3 N–H and O–H groups in total. The van der Waals surface area contributed by atoms with Gasteiger partial charge in [0.15, 0.2) is 5.82 Å². The number of amides is 1. The molecule has 2 heterocycles.